The molecule has 174 valence electrons. The van der Waals surface area contributed by atoms with Crippen molar-refractivity contribution in [2.45, 2.75) is 12.3 Å². The minimum Gasteiger partial charge on any atom is -0.496 e. The van der Waals surface area contributed by atoms with Crippen molar-refractivity contribution >= 4 is 27.5 Å². The van der Waals surface area contributed by atoms with Gasteiger partial charge in [-0.15, -0.1) is 0 Å². The molecule has 6 nitrogen and oxygen atoms in total. The fourth-order valence-electron chi connectivity index (χ4n) is 3.88. The number of hydrogen-bond donors (Lipinski definition) is 0. The lowest BCUT2D eigenvalue weighted by Gasteiger charge is -2.23. The first-order chi connectivity index (χ1) is 16.5. The fourth-order valence-corrected chi connectivity index (χ4v) is 5.74. The molecule has 0 aromatic heterocycles. The smallest absolute Gasteiger partial charge is 0.271 e. The molecule has 0 N–H and O–H groups in total. The SMILES string of the molecule is CCOc1ccc(N2C(=O)/C(=C/C=C/c3ccccc3OC)S(=O)(=O)C2c2ccccc2)cc1. The van der Waals surface area contributed by atoms with Gasteiger partial charge in [0.15, 0.2) is 5.37 Å². The second-order valence-corrected chi connectivity index (χ2v) is 9.52. The van der Waals surface area contributed by atoms with Gasteiger partial charge < -0.3 is 9.47 Å². The number of ether oxygens (including phenoxy) is 2. The quantitative estimate of drug-likeness (QED) is 0.442. The van der Waals surface area contributed by atoms with Crippen molar-refractivity contribution in [1.29, 1.82) is 0 Å². The van der Waals surface area contributed by atoms with Crippen LogP contribution in [0.25, 0.3) is 6.08 Å². The van der Waals surface area contributed by atoms with Crippen LogP contribution in [0.2, 0.25) is 0 Å². The summed E-state index contributed by atoms with van der Waals surface area (Å²) in [6.07, 6.45) is 4.63. The van der Waals surface area contributed by atoms with Gasteiger partial charge in [-0.2, -0.15) is 0 Å². The molecule has 3 aromatic carbocycles. The Bertz CT molecular complexity index is 1330. The third kappa shape index (κ3) is 4.47. The van der Waals surface area contributed by atoms with E-state index < -0.39 is 21.1 Å². The van der Waals surface area contributed by atoms with E-state index in [4.69, 9.17) is 9.47 Å². The van der Waals surface area contributed by atoms with E-state index in [1.807, 2.05) is 31.2 Å². The first-order valence-electron chi connectivity index (χ1n) is 10.8. The van der Waals surface area contributed by atoms with Crippen molar-refractivity contribution in [3.05, 3.63) is 107 Å². The van der Waals surface area contributed by atoms with Gasteiger partial charge in [-0.05, 0) is 48.9 Å². The van der Waals surface area contributed by atoms with Crippen molar-refractivity contribution < 1.29 is 22.7 Å². The number of carbonyl (C=O) groups excluding carboxylic acids is 1. The first kappa shape index (κ1) is 23.3. The Morgan fingerprint density at radius 2 is 1.62 bits per heavy atom. The monoisotopic (exact) mass is 475 g/mol. The van der Waals surface area contributed by atoms with Crippen LogP contribution in [0.1, 0.15) is 23.4 Å². The fraction of sp³-hybridized carbons (Fsp3) is 0.148. The summed E-state index contributed by atoms with van der Waals surface area (Å²) in [4.78, 5) is 14.5. The van der Waals surface area contributed by atoms with Gasteiger partial charge in [0.1, 0.15) is 16.4 Å². The highest BCUT2D eigenvalue weighted by Gasteiger charge is 2.49. The third-order valence-electron chi connectivity index (χ3n) is 5.44. The maximum absolute atomic E-state index is 13.6. The Kier molecular flexibility index (Phi) is 6.84. The van der Waals surface area contributed by atoms with Gasteiger partial charge in [0.05, 0.1) is 13.7 Å². The topological polar surface area (TPSA) is 72.9 Å². The number of hydrogen-bond acceptors (Lipinski definition) is 5. The van der Waals surface area contributed by atoms with Gasteiger partial charge in [-0.1, -0.05) is 60.7 Å². The molecule has 1 aliphatic rings. The van der Waals surface area contributed by atoms with Gasteiger partial charge in [-0.25, -0.2) is 8.42 Å². The molecule has 0 saturated carbocycles. The molecule has 0 bridgehead atoms. The van der Waals surface area contributed by atoms with Crippen molar-refractivity contribution in [3.63, 3.8) is 0 Å². The number of sulfone groups is 1. The molecule has 7 heteroatoms. The average Bonchev–Trinajstić information content (AvgIpc) is 3.05. The highest BCUT2D eigenvalue weighted by molar-refractivity contribution is 7.97. The summed E-state index contributed by atoms with van der Waals surface area (Å²) in [5.74, 6) is 0.714. The van der Waals surface area contributed by atoms with Crippen LogP contribution in [0.3, 0.4) is 0 Å². The molecular weight excluding hydrogens is 450 g/mol. The Balaban J connectivity index is 1.77. The van der Waals surface area contributed by atoms with Gasteiger partial charge in [0.2, 0.25) is 9.84 Å². The molecule has 1 unspecified atom stereocenters. The summed E-state index contributed by atoms with van der Waals surface area (Å²) in [5.41, 5.74) is 1.76. The number of para-hydroxylation sites is 1. The molecule has 1 heterocycles. The van der Waals surface area contributed by atoms with Crippen LogP contribution in [-0.4, -0.2) is 28.0 Å². The summed E-state index contributed by atoms with van der Waals surface area (Å²) in [7, 11) is -2.43. The summed E-state index contributed by atoms with van der Waals surface area (Å²) in [6.45, 7) is 2.39. The van der Waals surface area contributed by atoms with E-state index in [2.05, 4.69) is 0 Å². The molecule has 34 heavy (non-hydrogen) atoms. The predicted octanol–water partition coefficient (Wildman–Crippen LogP) is 5.15. The molecule has 0 radical (unpaired) electrons. The molecule has 1 saturated heterocycles. The summed E-state index contributed by atoms with van der Waals surface area (Å²) < 4.78 is 38.0. The van der Waals surface area contributed by atoms with E-state index in [0.29, 0.717) is 29.4 Å². The van der Waals surface area contributed by atoms with Crippen LogP contribution in [-0.2, 0) is 14.6 Å². The zero-order valence-electron chi connectivity index (χ0n) is 18.9. The van der Waals surface area contributed by atoms with Crippen molar-refractivity contribution in [1.82, 2.24) is 0 Å². The molecule has 1 amide bonds. The molecule has 1 atom stereocenters. The van der Waals surface area contributed by atoms with E-state index in [1.54, 1.807) is 73.9 Å². The molecule has 0 aliphatic carbocycles. The van der Waals surface area contributed by atoms with Crippen molar-refractivity contribution in [2.75, 3.05) is 18.6 Å². The van der Waals surface area contributed by atoms with Crippen LogP contribution in [0.15, 0.2) is 95.9 Å². The minimum atomic E-state index is -3.99. The number of benzene rings is 3. The summed E-state index contributed by atoms with van der Waals surface area (Å²) >= 11 is 0. The average molecular weight is 476 g/mol. The van der Waals surface area contributed by atoms with E-state index >= 15 is 0 Å². The largest absolute Gasteiger partial charge is 0.496 e. The van der Waals surface area contributed by atoms with E-state index in [1.165, 1.54) is 11.0 Å². The minimum absolute atomic E-state index is 0.263. The zero-order chi connectivity index (χ0) is 24.1. The summed E-state index contributed by atoms with van der Waals surface area (Å²) in [6, 6.07) is 22.9. The standard InChI is InChI=1S/C27H25NO5S/c1-3-33-23-18-16-22(17-19-23)28-26(29)25(15-9-13-20-10-7-8-14-24(20)32-2)34(30,31)27(28)21-11-5-4-6-12-21/h4-19,27H,3H2,1-2H3/b13-9+,25-15-. The van der Waals surface area contributed by atoms with E-state index in [9.17, 15) is 13.2 Å². The Hall–Kier alpha value is -3.84. The molecule has 3 aromatic rings. The van der Waals surface area contributed by atoms with Gasteiger partial charge in [0, 0.05) is 11.3 Å². The van der Waals surface area contributed by atoms with E-state index in [0.717, 1.165) is 5.56 Å². The zero-order valence-corrected chi connectivity index (χ0v) is 19.7. The van der Waals surface area contributed by atoms with Crippen LogP contribution in [0.5, 0.6) is 11.5 Å². The second-order valence-electron chi connectivity index (χ2n) is 7.54. The third-order valence-corrected chi connectivity index (χ3v) is 7.43. The summed E-state index contributed by atoms with van der Waals surface area (Å²) in [5, 5.41) is -1.16. The van der Waals surface area contributed by atoms with Crippen LogP contribution >= 0.6 is 0 Å². The Morgan fingerprint density at radius 1 is 0.941 bits per heavy atom. The van der Waals surface area contributed by atoms with Gasteiger partial charge in [-0.3, -0.25) is 9.69 Å². The van der Waals surface area contributed by atoms with Crippen molar-refractivity contribution in [3.8, 4) is 11.5 Å². The molecule has 1 aliphatic heterocycles. The first-order valence-corrected chi connectivity index (χ1v) is 12.4. The normalized spacial score (nSPS) is 18.5. The maximum Gasteiger partial charge on any atom is 0.271 e. The number of carbonyl (C=O) groups is 1. The Labute approximate surface area is 199 Å². The molecule has 4 rings (SSSR count). The van der Waals surface area contributed by atoms with Gasteiger partial charge >= 0.3 is 0 Å². The highest BCUT2D eigenvalue weighted by atomic mass is 32.2. The number of nitrogens with zero attached hydrogens (tertiary/aromatic N) is 1. The number of anilines is 1. The van der Waals surface area contributed by atoms with Gasteiger partial charge in [0.25, 0.3) is 5.91 Å². The Morgan fingerprint density at radius 3 is 2.29 bits per heavy atom. The number of allylic oxidation sites excluding steroid dienone is 2. The lowest BCUT2D eigenvalue weighted by molar-refractivity contribution is -0.114. The van der Waals surface area contributed by atoms with Crippen LogP contribution in [0, 0.1) is 0 Å². The van der Waals surface area contributed by atoms with Crippen molar-refractivity contribution in [2.24, 2.45) is 0 Å². The molecule has 1 fully saturated rings. The van der Waals surface area contributed by atoms with Crippen LogP contribution < -0.4 is 14.4 Å². The lowest BCUT2D eigenvalue weighted by Crippen LogP contribution is -2.28. The lowest BCUT2D eigenvalue weighted by atomic mass is 10.1. The predicted molar refractivity (Wildman–Crippen MR) is 133 cm³/mol. The van der Waals surface area contributed by atoms with E-state index in [-0.39, 0.29) is 4.91 Å². The maximum atomic E-state index is 13.6. The number of rotatable bonds is 7. The molecule has 0 spiro atoms. The van der Waals surface area contributed by atoms with Crippen LogP contribution in [0.4, 0.5) is 5.69 Å². The second kappa shape index (κ2) is 9.97. The molecular formula is C27H25NO5S. The highest BCUT2D eigenvalue weighted by Crippen LogP contribution is 2.43. The number of amides is 1. The number of methoxy groups -OCH3 is 1.